The summed E-state index contributed by atoms with van der Waals surface area (Å²) in [6.07, 6.45) is 3.07. The zero-order valence-corrected chi connectivity index (χ0v) is 27.7. The summed E-state index contributed by atoms with van der Waals surface area (Å²) in [5.41, 5.74) is 3.77. The number of aromatic carboxylic acids is 1. The summed E-state index contributed by atoms with van der Waals surface area (Å²) in [6.45, 7) is 8.84. The highest BCUT2D eigenvalue weighted by Gasteiger charge is 2.30. The molecule has 1 aliphatic carbocycles. The molecule has 4 aromatic rings. The second-order valence-corrected chi connectivity index (χ2v) is 12.3. The Morgan fingerprint density at radius 1 is 1.04 bits per heavy atom. The molecule has 0 bridgehead atoms. The lowest BCUT2D eigenvalue weighted by atomic mass is 10.1. The van der Waals surface area contributed by atoms with Gasteiger partial charge in [-0.3, -0.25) is 4.90 Å². The van der Waals surface area contributed by atoms with Gasteiger partial charge in [0.05, 0.1) is 25.4 Å². The van der Waals surface area contributed by atoms with Gasteiger partial charge in [-0.1, -0.05) is 35.4 Å². The smallest absolute Gasteiger partial charge is 0.374 e. The van der Waals surface area contributed by atoms with Gasteiger partial charge in [0.15, 0.2) is 11.5 Å². The summed E-state index contributed by atoms with van der Waals surface area (Å²) in [7, 11) is 3.41. The van der Waals surface area contributed by atoms with E-state index in [1.54, 1.807) is 14.2 Å². The lowest BCUT2D eigenvalue weighted by Gasteiger charge is -2.21. The van der Waals surface area contributed by atoms with E-state index in [1.807, 2.05) is 54.0 Å². The molecule has 11 nitrogen and oxygen atoms in total. The largest absolute Gasteiger partial charge is 0.493 e. The number of nitrogens with zero attached hydrogens (tertiary/aromatic N) is 5. The summed E-state index contributed by atoms with van der Waals surface area (Å²) in [4.78, 5) is 28.2. The van der Waals surface area contributed by atoms with Crippen LogP contribution in [-0.2, 0) is 16.0 Å². The van der Waals surface area contributed by atoms with Gasteiger partial charge in [-0.05, 0) is 68.9 Å². The second-order valence-electron chi connectivity index (χ2n) is 11.8. The van der Waals surface area contributed by atoms with Crippen LogP contribution in [0.3, 0.4) is 0 Å². The first-order valence-electron chi connectivity index (χ1n) is 15.7. The molecule has 2 aromatic carbocycles. The van der Waals surface area contributed by atoms with Crippen molar-refractivity contribution in [2.24, 2.45) is 5.92 Å². The van der Waals surface area contributed by atoms with Crippen molar-refractivity contribution in [1.82, 2.24) is 24.4 Å². The Hall–Kier alpha value is -3.77. The van der Waals surface area contributed by atoms with Crippen LogP contribution in [0.4, 0.5) is 5.82 Å². The van der Waals surface area contributed by atoms with E-state index in [0.717, 1.165) is 55.6 Å². The summed E-state index contributed by atoms with van der Waals surface area (Å²) in [5, 5.41) is 14.0. The molecule has 2 N–H and O–H groups in total. The van der Waals surface area contributed by atoms with Crippen LogP contribution in [0, 0.1) is 12.8 Å². The highest BCUT2D eigenvalue weighted by molar-refractivity contribution is 6.30. The van der Waals surface area contributed by atoms with E-state index >= 15 is 0 Å². The molecule has 0 unspecified atom stereocenters. The molecule has 0 aliphatic heterocycles. The number of carboxylic acid groups (broad SMARTS) is 1. The van der Waals surface area contributed by atoms with E-state index in [2.05, 4.69) is 27.1 Å². The van der Waals surface area contributed by atoms with Gasteiger partial charge in [0.25, 0.3) is 0 Å². The van der Waals surface area contributed by atoms with E-state index in [-0.39, 0.29) is 11.9 Å². The molecule has 1 aliphatic rings. The van der Waals surface area contributed by atoms with Gasteiger partial charge >= 0.3 is 5.97 Å². The molecule has 246 valence electrons. The third-order valence-electron chi connectivity index (χ3n) is 8.22. The van der Waals surface area contributed by atoms with Crippen molar-refractivity contribution < 1.29 is 24.1 Å². The van der Waals surface area contributed by atoms with E-state index in [0.29, 0.717) is 65.9 Å². The number of halogens is 1. The number of ether oxygens (including phenoxy) is 3. The topological polar surface area (TPSA) is 124 Å². The molecule has 0 saturated heterocycles. The van der Waals surface area contributed by atoms with E-state index in [1.165, 1.54) is 0 Å². The number of carboxylic acids is 1. The monoisotopic (exact) mass is 650 g/mol. The summed E-state index contributed by atoms with van der Waals surface area (Å²) in [6, 6.07) is 13.8. The normalized spacial score (nSPS) is 13.8. The molecule has 1 atom stereocenters. The number of aromatic nitrogens is 4. The molecule has 0 radical (unpaired) electrons. The number of fused-ring (bicyclic) bond motifs is 1. The Labute approximate surface area is 274 Å². The Morgan fingerprint density at radius 3 is 2.41 bits per heavy atom. The fraction of sp³-hybridized carbons (Fsp3) is 0.471. The van der Waals surface area contributed by atoms with Crippen LogP contribution in [0.15, 0.2) is 42.5 Å². The predicted molar refractivity (Wildman–Crippen MR) is 179 cm³/mol. The van der Waals surface area contributed by atoms with E-state index in [9.17, 15) is 9.90 Å². The quantitative estimate of drug-likeness (QED) is 0.128. The van der Waals surface area contributed by atoms with E-state index < -0.39 is 5.97 Å². The molecule has 2 aromatic heterocycles. The van der Waals surface area contributed by atoms with Crippen LogP contribution in [-0.4, -0.2) is 95.2 Å². The molecule has 1 fully saturated rings. The van der Waals surface area contributed by atoms with Gasteiger partial charge in [0, 0.05) is 51.5 Å². The fourth-order valence-electron chi connectivity index (χ4n) is 5.48. The summed E-state index contributed by atoms with van der Waals surface area (Å²) >= 11 is 6.21. The van der Waals surface area contributed by atoms with Crippen LogP contribution in [0.1, 0.15) is 47.9 Å². The molecule has 0 spiro atoms. The van der Waals surface area contributed by atoms with Gasteiger partial charge in [0.2, 0.25) is 5.82 Å². The Kier molecular flexibility index (Phi) is 11.5. The lowest BCUT2D eigenvalue weighted by molar-refractivity contribution is 0.0684. The van der Waals surface area contributed by atoms with Crippen LogP contribution in [0.2, 0.25) is 5.02 Å². The van der Waals surface area contributed by atoms with Gasteiger partial charge in [-0.25, -0.2) is 19.7 Å². The first kappa shape index (κ1) is 33.6. The maximum Gasteiger partial charge on any atom is 0.374 e. The standard InChI is InChI=1S/C34H43ClN6O5/c1-22-6-13-28(46-17-5-14-40(15-18-44-3)16-19-45-4)27(20-22)33-39-31-29(41(33)21-24-7-11-26(35)12-8-24)30(36-23(2)25-9-10-25)37-32(38-31)34(42)43/h6-8,11-13,20,23,25H,5,9-10,14-19,21H2,1-4H3,(H,42,43)(H,36,37,38)/t23-/m1/s1. The molecular formula is C34H43ClN6O5. The van der Waals surface area contributed by atoms with Crippen molar-refractivity contribution in [3.63, 3.8) is 0 Å². The number of anilines is 1. The molecular weight excluding hydrogens is 608 g/mol. The van der Waals surface area contributed by atoms with Crippen LogP contribution >= 0.6 is 11.6 Å². The van der Waals surface area contributed by atoms with E-state index in [4.69, 9.17) is 30.8 Å². The van der Waals surface area contributed by atoms with Gasteiger partial charge in [0.1, 0.15) is 17.1 Å². The summed E-state index contributed by atoms with van der Waals surface area (Å²) in [5.74, 6) is 0.768. The lowest BCUT2D eigenvalue weighted by Crippen LogP contribution is -2.32. The maximum absolute atomic E-state index is 12.1. The number of benzene rings is 2. The minimum absolute atomic E-state index is 0.118. The van der Waals surface area contributed by atoms with Crippen LogP contribution in [0.5, 0.6) is 5.75 Å². The highest BCUT2D eigenvalue weighted by atomic mass is 35.5. The Balaban J connectivity index is 1.53. The Morgan fingerprint density at radius 2 is 1.76 bits per heavy atom. The maximum atomic E-state index is 12.1. The fourth-order valence-corrected chi connectivity index (χ4v) is 5.61. The average molecular weight is 651 g/mol. The zero-order chi connectivity index (χ0) is 32.6. The Bertz CT molecular complexity index is 1620. The first-order chi connectivity index (χ1) is 22.3. The zero-order valence-electron chi connectivity index (χ0n) is 27.0. The third-order valence-corrected chi connectivity index (χ3v) is 8.47. The molecule has 2 heterocycles. The van der Waals surface area contributed by atoms with Gasteiger partial charge < -0.3 is 29.2 Å². The van der Waals surface area contributed by atoms with Crippen molar-refractivity contribution in [2.75, 3.05) is 59.0 Å². The molecule has 0 amide bonds. The molecule has 12 heteroatoms. The average Bonchev–Trinajstić information content (AvgIpc) is 3.84. The number of imidazole rings is 1. The number of carbonyl (C=O) groups is 1. The van der Waals surface area contributed by atoms with Crippen molar-refractivity contribution in [3.8, 4) is 17.1 Å². The second kappa shape index (κ2) is 15.7. The van der Waals surface area contributed by atoms with Crippen molar-refractivity contribution in [2.45, 2.75) is 45.7 Å². The number of methoxy groups -OCH3 is 2. The highest BCUT2D eigenvalue weighted by Crippen LogP contribution is 2.37. The summed E-state index contributed by atoms with van der Waals surface area (Å²) < 4.78 is 19.0. The minimum atomic E-state index is -1.21. The SMILES string of the molecule is COCCN(CCCOc1ccc(C)cc1-c1nc2nc(C(=O)O)nc(N[C@H](C)C3CC3)c2n1Cc1ccc(Cl)cc1)CCOC. The number of hydrogen-bond acceptors (Lipinski definition) is 9. The van der Waals surface area contributed by atoms with Crippen LogP contribution in [0.25, 0.3) is 22.6 Å². The predicted octanol–water partition coefficient (Wildman–Crippen LogP) is 5.78. The molecule has 46 heavy (non-hydrogen) atoms. The van der Waals surface area contributed by atoms with Crippen molar-refractivity contribution >= 4 is 34.6 Å². The number of hydrogen-bond donors (Lipinski definition) is 2. The molecule has 5 rings (SSSR count). The minimum Gasteiger partial charge on any atom is -0.493 e. The van der Waals surface area contributed by atoms with Gasteiger partial charge in [-0.2, -0.15) is 0 Å². The van der Waals surface area contributed by atoms with Crippen molar-refractivity contribution in [1.29, 1.82) is 0 Å². The third kappa shape index (κ3) is 8.52. The van der Waals surface area contributed by atoms with Gasteiger partial charge in [-0.15, -0.1) is 0 Å². The van der Waals surface area contributed by atoms with Crippen molar-refractivity contribution in [3.05, 3.63) is 64.4 Å². The number of nitrogens with one attached hydrogen (secondary N) is 1. The van der Waals surface area contributed by atoms with Crippen LogP contribution < -0.4 is 10.1 Å². The number of aryl methyl sites for hydroxylation is 1. The molecule has 1 saturated carbocycles. The first-order valence-corrected chi connectivity index (χ1v) is 16.1. The number of rotatable bonds is 18.